The fraction of sp³-hybridized carbons (Fsp3) is 1.00. The average molecular weight is 333 g/mol. The molecule has 0 atom stereocenters. The first-order valence-corrected chi connectivity index (χ1v) is 8.15. The molecule has 6 nitrogen and oxygen atoms in total. The maximum Gasteiger partial charge on any atom is 2.00 e. The van der Waals surface area contributed by atoms with Crippen LogP contribution in [0.15, 0.2) is 0 Å². The van der Waals surface area contributed by atoms with Gasteiger partial charge in [-0.3, -0.25) is 0 Å². The Morgan fingerprint density at radius 3 is 1.06 bits per heavy atom. The molecule has 17 heavy (non-hydrogen) atoms. The molecule has 0 rings (SSSR count). The van der Waals surface area contributed by atoms with E-state index in [1.54, 1.807) is 0 Å². The molecular weight excluding hydrogens is 315 g/mol. The Kier molecular flexibility index (Phi) is 15.1. The van der Waals surface area contributed by atoms with Gasteiger partial charge in [0, 0.05) is 11.5 Å². The minimum absolute atomic E-state index is 0. The summed E-state index contributed by atoms with van der Waals surface area (Å²) < 4.78 is 59.0. The van der Waals surface area contributed by atoms with Gasteiger partial charge in [0.15, 0.2) is 0 Å². The van der Waals surface area contributed by atoms with Crippen LogP contribution in [0.25, 0.3) is 0 Å². The second-order valence-corrected chi connectivity index (χ2v) is 6.28. The molecule has 9 heteroatoms. The van der Waals surface area contributed by atoms with Crippen molar-refractivity contribution < 1.29 is 42.4 Å². The number of rotatable bonds is 6. The molecule has 0 aliphatic carbocycles. The maximum atomic E-state index is 9.83. The largest absolute Gasteiger partial charge is 2.00 e. The smallest absolute Gasteiger partial charge is 0.748 e. The van der Waals surface area contributed by atoms with Crippen LogP contribution >= 0.6 is 0 Å². The normalized spacial score (nSPS) is 11.1. The van der Waals surface area contributed by atoms with Crippen LogP contribution in [0.3, 0.4) is 0 Å². The molecule has 0 amide bonds. The molecule has 0 spiro atoms. The molecule has 0 aliphatic heterocycles. The van der Waals surface area contributed by atoms with Crippen molar-refractivity contribution in [2.75, 3.05) is 11.5 Å². The van der Waals surface area contributed by atoms with Gasteiger partial charge < -0.3 is 9.11 Å². The summed E-state index contributed by atoms with van der Waals surface area (Å²) in [5, 5.41) is 0. The molecule has 0 radical (unpaired) electrons. The summed E-state index contributed by atoms with van der Waals surface area (Å²) in [6.07, 6.45) is 2.46. The molecular formula is C8H18NiO6S2. The molecule has 0 N–H and O–H groups in total. The number of hydrogen-bond donors (Lipinski definition) is 0. The molecule has 0 aromatic carbocycles. The minimum atomic E-state index is -3.94. The van der Waals surface area contributed by atoms with Gasteiger partial charge in [-0.05, 0) is 12.8 Å². The van der Waals surface area contributed by atoms with Gasteiger partial charge in [-0.1, -0.05) is 26.7 Å². The van der Waals surface area contributed by atoms with E-state index in [0.29, 0.717) is 12.8 Å². The molecule has 0 fully saturated rings. The minimum Gasteiger partial charge on any atom is -0.748 e. The van der Waals surface area contributed by atoms with Crippen molar-refractivity contribution in [1.82, 2.24) is 0 Å². The molecule has 0 aromatic rings. The molecule has 0 heterocycles. The Bertz CT molecular complexity index is 312. The van der Waals surface area contributed by atoms with Gasteiger partial charge in [0.25, 0.3) is 0 Å². The Morgan fingerprint density at radius 1 is 0.765 bits per heavy atom. The van der Waals surface area contributed by atoms with Crippen molar-refractivity contribution in [2.45, 2.75) is 39.5 Å². The quantitative estimate of drug-likeness (QED) is 0.521. The summed E-state index contributed by atoms with van der Waals surface area (Å²) in [5.41, 5.74) is 0. The third-order valence-corrected chi connectivity index (χ3v) is 3.07. The van der Waals surface area contributed by atoms with Crippen molar-refractivity contribution in [2.24, 2.45) is 0 Å². The van der Waals surface area contributed by atoms with E-state index in [2.05, 4.69) is 0 Å². The predicted octanol–water partition coefficient (Wildman–Crippen LogP) is 0.661. The second-order valence-electron chi connectivity index (χ2n) is 3.23. The first kappa shape index (κ1) is 22.5. The van der Waals surface area contributed by atoms with Crippen LogP contribution in [0.2, 0.25) is 0 Å². The van der Waals surface area contributed by atoms with E-state index in [1.807, 2.05) is 13.8 Å². The van der Waals surface area contributed by atoms with Crippen molar-refractivity contribution in [1.29, 1.82) is 0 Å². The van der Waals surface area contributed by atoms with Crippen LogP contribution in [0.4, 0.5) is 0 Å². The van der Waals surface area contributed by atoms with Gasteiger partial charge in [0.05, 0.1) is 20.2 Å². The van der Waals surface area contributed by atoms with Crippen molar-refractivity contribution in [3.63, 3.8) is 0 Å². The molecule has 0 saturated heterocycles. The van der Waals surface area contributed by atoms with Gasteiger partial charge in [-0.15, -0.1) is 0 Å². The van der Waals surface area contributed by atoms with E-state index >= 15 is 0 Å². The van der Waals surface area contributed by atoms with Gasteiger partial charge >= 0.3 is 16.5 Å². The van der Waals surface area contributed by atoms with Crippen molar-refractivity contribution >= 4 is 20.2 Å². The summed E-state index contributed by atoms with van der Waals surface area (Å²) in [6.45, 7) is 3.68. The topological polar surface area (TPSA) is 114 Å². The van der Waals surface area contributed by atoms with E-state index in [9.17, 15) is 25.9 Å². The zero-order valence-electron chi connectivity index (χ0n) is 9.82. The number of unbranched alkanes of at least 4 members (excludes halogenated alkanes) is 2. The molecule has 0 saturated carbocycles. The summed E-state index contributed by atoms with van der Waals surface area (Å²) >= 11 is 0. The van der Waals surface area contributed by atoms with E-state index in [-0.39, 0.29) is 28.0 Å². The predicted molar refractivity (Wildman–Crippen MR) is 58.9 cm³/mol. The summed E-state index contributed by atoms with van der Waals surface area (Å²) in [7, 11) is -7.87. The summed E-state index contributed by atoms with van der Waals surface area (Å²) in [4.78, 5) is 0. The van der Waals surface area contributed by atoms with E-state index < -0.39 is 20.2 Å². The maximum absolute atomic E-state index is 9.83. The Morgan fingerprint density at radius 2 is 1.00 bits per heavy atom. The van der Waals surface area contributed by atoms with Gasteiger partial charge in [0.1, 0.15) is 0 Å². The SMILES string of the molecule is CCCCS(=O)(=O)[O-].CCCCS(=O)(=O)[O-].[Ni+2]. The molecule has 0 aliphatic rings. The van der Waals surface area contributed by atoms with Gasteiger partial charge in [-0.25, -0.2) is 16.8 Å². The zero-order valence-corrected chi connectivity index (χ0v) is 12.4. The Hall–Kier alpha value is 0.314. The first-order valence-electron chi connectivity index (χ1n) is 4.99. The van der Waals surface area contributed by atoms with Crippen molar-refractivity contribution in [3.05, 3.63) is 0 Å². The van der Waals surface area contributed by atoms with Crippen LogP contribution in [0, 0.1) is 0 Å². The average Bonchev–Trinajstić information content (AvgIpc) is 2.10. The molecule has 108 valence electrons. The van der Waals surface area contributed by atoms with Crippen LogP contribution < -0.4 is 0 Å². The van der Waals surface area contributed by atoms with Gasteiger partial charge in [0.2, 0.25) is 0 Å². The van der Waals surface area contributed by atoms with Crippen LogP contribution in [-0.4, -0.2) is 37.4 Å². The van der Waals surface area contributed by atoms with Crippen molar-refractivity contribution in [3.8, 4) is 0 Å². The second kappa shape index (κ2) is 11.4. The third-order valence-electron chi connectivity index (χ3n) is 1.50. The monoisotopic (exact) mass is 332 g/mol. The summed E-state index contributed by atoms with van der Waals surface area (Å²) in [6, 6.07) is 0. The first-order chi connectivity index (χ1) is 7.12. The Labute approximate surface area is 114 Å². The fourth-order valence-corrected chi connectivity index (χ4v) is 1.93. The Balaban J connectivity index is -0.000000218. The standard InChI is InChI=1S/2C4H10O3S.Ni/c2*1-2-3-4-8(5,6)7;/h2*2-4H2,1H3,(H,5,6,7);/q;;+2/p-2. The fourth-order valence-electron chi connectivity index (χ4n) is 0.642. The van der Waals surface area contributed by atoms with Crippen LogP contribution in [0.1, 0.15) is 39.5 Å². The molecule has 0 unspecified atom stereocenters. The third kappa shape index (κ3) is 31.4. The van der Waals surface area contributed by atoms with E-state index in [0.717, 1.165) is 12.8 Å². The molecule has 0 aromatic heterocycles. The summed E-state index contributed by atoms with van der Waals surface area (Å²) in [5.74, 6) is -0.438. The number of hydrogen-bond acceptors (Lipinski definition) is 6. The van der Waals surface area contributed by atoms with Crippen LogP contribution in [0.5, 0.6) is 0 Å². The van der Waals surface area contributed by atoms with E-state index in [4.69, 9.17) is 0 Å². The van der Waals surface area contributed by atoms with E-state index in [1.165, 1.54) is 0 Å². The van der Waals surface area contributed by atoms with Gasteiger partial charge in [-0.2, -0.15) is 0 Å². The zero-order chi connectivity index (χ0) is 13.2. The molecule has 0 bridgehead atoms. The van der Waals surface area contributed by atoms with Crippen LogP contribution in [-0.2, 0) is 36.7 Å².